The Kier molecular flexibility index (Phi) is 12.6. The molecule has 13 heteroatoms. The molecule has 0 aliphatic carbocycles. The minimum Gasteiger partial charge on any atom is -0.0623 e. The molecule has 0 spiro atoms. The van der Waals surface area contributed by atoms with Crippen LogP contribution in [0, 0.1) is 0 Å². The average Bonchev–Trinajstić information content (AvgIpc) is 2.64. The van der Waals surface area contributed by atoms with Crippen LogP contribution in [0.2, 0.25) is 0 Å². The van der Waals surface area contributed by atoms with Gasteiger partial charge >= 0.3 is 34.3 Å². The fourth-order valence-electron chi connectivity index (χ4n) is 1.40. The molecule has 0 saturated carbocycles. The van der Waals surface area contributed by atoms with Crippen molar-refractivity contribution in [2.24, 2.45) is 0 Å². The zero-order chi connectivity index (χ0) is 20.7. The Balaban J connectivity index is 0.000000432. The second-order valence-electron chi connectivity index (χ2n) is 4.24. The van der Waals surface area contributed by atoms with Crippen molar-refractivity contribution in [1.29, 1.82) is 0 Å². The normalized spacial score (nSPS) is 9.41. The van der Waals surface area contributed by atoms with Crippen LogP contribution in [-0.2, 0) is 17.3 Å². The largest absolute Gasteiger partial charge is 0.0623 e. The van der Waals surface area contributed by atoms with Crippen LogP contribution in [0.1, 0.15) is 0 Å². The Bertz CT molecular complexity index is 703. The minimum atomic E-state index is -6.00. The molecule has 146 valence electrons. The summed E-state index contributed by atoms with van der Waals surface area (Å²) in [4.78, 5) is 15.6. The number of hydrogen-bond acceptors (Lipinski definition) is 6. The van der Waals surface area contributed by atoms with Gasteiger partial charge in [0.05, 0.1) is 0 Å². The van der Waals surface area contributed by atoms with Gasteiger partial charge in [-0.05, 0) is 12.1 Å². The van der Waals surface area contributed by atoms with Gasteiger partial charge in [0.1, 0.15) is 5.69 Å². The number of aromatic nitrogens is 4. The van der Waals surface area contributed by atoms with Gasteiger partial charge in [-0.2, -0.15) is 15.0 Å². The van der Waals surface area contributed by atoms with E-state index in [2.05, 4.69) is 29.6 Å². The van der Waals surface area contributed by atoms with Crippen molar-refractivity contribution < 1.29 is 34.6 Å². The maximum Gasteiger partial charge on any atom is -0.0623 e. The summed E-state index contributed by atoms with van der Waals surface area (Å²) >= 11 is 1.82. The third-order valence-corrected chi connectivity index (χ3v) is 2.23. The molecule has 0 bridgehead atoms. The second-order valence-corrected chi connectivity index (χ2v) is 4.24. The van der Waals surface area contributed by atoms with Gasteiger partial charge in [0.25, 0.3) is 0 Å². The number of anilines is 2. The SMILES string of the molecule is F[B-](F)(F)F.Nc1nc(N)nc(-c2ccccn2)n1.[Cl][Ru+].c1ccccc1. The predicted molar refractivity (Wildman–Crippen MR) is 94.4 cm³/mol. The van der Waals surface area contributed by atoms with Crippen LogP contribution in [0.25, 0.3) is 11.5 Å². The predicted octanol–water partition coefficient (Wildman–Crippen LogP) is 3.77. The maximum absolute atomic E-state index is 9.75. The van der Waals surface area contributed by atoms with Gasteiger partial charge < -0.3 is 28.7 Å². The summed E-state index contributed by atoms with van der Waals surface area (Å²) in [6, 6.07) is 17.4. The van der Waals surface area contributed by atoms with E-state index in [-0.39, 0.29) is 11.9 Å². The van der Waals surface area contributed by atoms with Crippen LogP contribution < -0.4 is 11.5 Å². The van der Waals surface area contributed by atoms with E-state index in [0.29, 0.717) is 11.5 Å². The van der Waals surface area contributed by atoms with Gasteiger partial charge in [0.2, 0.25) is 11.9 Å². The smallest absolute Gasteiger partial charge is 0.0623 e. The number of nitrogens with two attached hydrogens (primary N) is 2. The first-order valence-electron chi connectivity index (χ1n) is 6.95. The molecule has 27 heavy (non-hydrogen) atoms. The molecule has 0 radical (unpaired) electrons. The van der Waals surface area contributed by atoms with Crippen LogP contribution >= 0.6 is 9.69 Å². The number of pyridine rings is 1. The van der Waals surface area contributed by atoms with E-state index in [9.17, 15) is 17.3 Å². The molecule has 6 nitrogen and oxygen atoms in total. The number of benzene rings is 1. The van der Waals surface area contributed by atoms with Gasteiger partial charge in [0, 0.05) is 6.20 Å². The topological polar surface area (TPSA) is 104 Å². The van der Waals surface area contributed by atoms with Crippen molar-refractivity contribution in [2.75, 3.05) is 11.5 Å². The Morgan fingerprint density at radius 2 is 1.15 bits per heavy atom. The fourth-order valence-corrected chi connectivity index (χ4v) is 1.40. The van der Waals surface area contributed by atoms with Crippen LogP contribution in [-0.4, -0.2) is 27.2 Å². The van der Waals surface area contributed by atoms with E-state index in [4.69, 9.17) is 11.5 Å². The van der Waals surface area contributed by atoms with Gasteiger partial charge in [0.15, 0.2) is 5.82 Å². The molecule has 2 aromatic heterocycles. The van der Waals surface area contributed by atoms with Gasteiger partial charge in [-0.25, -0.2) is 0 Å². The molecule has 3 rings (SSSR count). The van der Waals surface area contributed by atoms with Gasteiger partial charge in [-0.3, -0.25) is 4.98 Å². The molecular formula is C14H14BClF4N6Ru. The Labute approximate surface area is 167 Å². The number of nitrogens with zero attached hydrogens (tertiary/aromatic N) is 4. The number of hydrogen-bond donors (Lipinski definition) is 2. The van der Waals surface area contributed by atoms with Crippen molar-refractivity contribution in [3.63, 3.8) is 0 Å². The molecule has 0 aliphatic heterocycles. The molecule has 0 atom stereocenters. The first kappa shape index (κ1) is 24.7. The Hall–Kier alpha value is -2.32. The quantitative estimate of drug-likeness (QED) is 0.398. The zero-order valence-corrected chi connectivity index (χ0v) is 16.0. The summed E-state index contributed by atoms with van der Waals surface area (Å²) in [6.45, 7) is 0. The zero-order valence-electron chi connectivity index (χ0n) is 13.5. The molecule has 4 N–H and O–H groups in total. The molecule has 1 aromatic carbocycles. The van der Waals surface area contributed by atoms with Crippen molar-refractivity contribution in [3.05, 3.63) is 60.8 Å². The van der Waals surface area contributed by atoms with Crippen molar-refractivity contribution >= 4 is 28.8 Å². The van der Waals surface area contributed by atoms with E-state index in [1.165, 1.54) is 0 Å². The molecule has 0 unspecified atom stereocenters. The summed E-state index contributed by atoms with van der Waals surface area (Å²) in [5, 5.41) is 0. The summed E-state index contributed by atoms with van der Waals surface area (Å²) in [7, 11) is -1.43. The van der Waals surface area contributed by atoms with Gasteiger partial charge in [-0.15, -0.1) is 0 Å². The fraction of sp³-hybridized carbons (Fsp3) is 0. The molecule has 2 heterocycles. The van der Waals surface area contributed by atoms with E-state index in [0.717, 1.165) is 0 Å². The standard InChI is InChI=1S/C8H8N6.C6H6.BF4.ClH.Ru/c9-7-12-6(13-8(10)14-7)5-3-1-2-4-11-5;1-2-4-6-5-3-1;2-1(3,4)5;;/h1-4H,(H4,9,10,12,13,14);1-6H;;1H;/q;;-1;;+2/p-1. The van der Waals surface area contributed by atoms with Crippen molar-refractivity contribution in [1.82, 2.24) is 19.9 Å². The number of rotatable bonds is 1. The molecule has 0 amide bonds. The molecule has 3 aromatic rings. The van der Waals surface area contributed by atoms with Crippen LogP contribution in [0.3, 0.4) is 0 Å². The molecule has 0 aliphatic rings. The second kappa shape index (κ2) is 13.8. The number of nitrogen functional groups attached to an aromatic ring is 2. The monoisotopic (exact) mass is 490 g/mol. The minimum absolute atomic E-state index is 0.0955. The van der Waals surface area contributed by atoms with Crippen LogP contribution in [0.4, 0.5) is 29.2 Å². The van der Waals surface area contributed by atoms with Crippen molar-refractivity contribution in [3.8, 4) is 11.5 Å². The Morgan fingerprint density at radius 1 is 0.741 bits per heavy atom. The van der Waals surface area contributed by atoms with E-state index < -0.39 is 7.25 Å². The van der Waals surface area contributed by atoms with Crippen LogP contribution in [0.5, 0.6) is 0 Å². The summed E-state index contributed by atoms with van der Waals surface area (Å²) in [5.41, 5.74) is 11.5. The molecule has 0 saturated heterocycles. The first-order chi connectivity index (χ1) is 12.8. The summed E-state index contributed by atoms with van der Waals surface area (Å²) < 4.78 is 39.0. The Morgan fingerprint density at radius 3 is 1.48 bits per heavy atom. The summed E-state index contributed by atoms with van der Waals surface area (Å²) in [5.74, 6) is 0.576. The average molecular weight is 490 g/mol. The molecular weight excluding hydrogens is 476 g/mol. The van der Waals surface area contributed by atoms with E-state index in [1.807, 2.05) is 59.8 Å². The molecule has 0 fully saturated rings. The van der Waals surface area contributed by atoms with Crippen LogP contribution in [0.15, 0.2) is 60.8 Å². The van der Waals surface area contributed by atoms with Gasteiger partial charge in [-0.1, -0.05) is 42.5 Å². The van der Waals surface area contributed by atoms with E-state index >= 15 is 0 Å². The maximum atomic E-state index is 9.75. The van der Waals surface area contributed by atoms with Crippen molar-refractivity contribution in [2.45, 2.75) is 0 Å². The first-order valence-corrected chi connectivity index (χ1v) is 9.18. The third-order valence-electron chi connectivity index (χ3n) is 2.23. The van der Waals surface area contributed by atoms with E-state index in [1.54, 1.807) is 18.3 Å². The third kappa shape index (κ3) is 14.5. The number of halogens is 5. The summed E-state index contributed by atoms with van der Waals surface area (Å²) in [6.07, 6.45) is 1.64.